The van der Waals surface area contributed by atoms with Gasteiger partial charge in [-0.15, -0.1) is 10.2 Å². The second-order valence-electron chi connectivity index (χ2n) is 6.50. The minimum atomic E-state index is 0.0465. The van der Waals surface area contributed by atoms with Crippen molar-refractivity contribution in [2.75, 3.05) is 0 Å². The minimum Gasteiger partial charge on any atom is -0.490 e. The lowest BCUT2D eigenvalue weighted by Crippen LogP contribution is -2.49. The van der Waals surface area contributed by atoms with Crippen LogP contribution in [0, 0.1) is 0 Å². The molecule has 0 radical (unpaired) electrons. The lowest BCUT2D eigenvalue weighted by atomic mass is 9.89. The van der Waals surface area contributed by atoms with Crippen molar-refractivity contribution in [2.24, 2.45) is 0 Å². The zero-order valence-electron chi connectivity index (χ0n) is 14.3. The van der Waals surface area contributed by atoms with Crippen molar-refractivity contribution >= 4 is 5.91 Å². The highest BCUT2D eigenvalue weighted by Crippen LogP contribution is 2.25. The summed E-state index contributed by atoms with van der Waals surface area (Å²) in [7, 11) is 0. The average molecular weight is 348 g/mol. The SMILES string of the molecule is O=C(Cc1ccc(-n2cnnc2)cc1)NC1CC(Oc2ccccc2)C1. The molecule has 1 aliphatic carbocycles. The standard InChI is InChI=1S/C20H20N4O2/c25-20(10-15-6-8-17(9-7-15)24-13-21-22-14-24)23-16-11-19(12-16)26-18-4-2-1-3-5-18/h1-9,13-14,16,19H,10-12H2,(H,23,25). The molecule has 6 nitrogen and oxygen atoms in total. The van der Waals surface area contributed by atoms with E-state index in [1.54, 1.807) is 12.7 Å². The topological polar surface area (TPSA) is 69.0 Å². The molecule has 4 rings (SSSR count). The first kappa shape index (κ1) is 16.3. The number of benzene rings is 2. The number of amides is 1. The summed E-state index contributed by atoms with van der Waals surface area (Å²) < 4.78 is 7.69. The summed E-state index contributed by atoms with van der Waals surface area (Å²) in [6.45, 7) is 0. The molecule has 0 bridgehead atoms. The first-order chi connectivity index (χ1) is 12.8. The van der Waals surface area contributed by atoms with E-state index in [1.165, 1.54) is 0 Å². The predicted molar refractivity (Wildman–Crippen MR) is 97.1 cm³/mol. The summed E-state index contributed by atoms with van der Waals surface area (Å²) in [5.74, 6) is 0.931. The number of nitrogens with one attached hydrogen (secondary N) is 1. The fourth-order valence-corrected chi connectivity index (χ4v) is 3.06. The Morgan fingerprint density at radius 3 is 2.42 bits per heavy atom. The van der Waals surface area contributed by atoms with E-state index in [9.17, 15) is 4.79 Å². The van der Waals surface area contributed by atoms with Crippen molar-refractivity contribution in [1.29, 1.82) is 0 Å². The zero-order valence-corrected chi connectivity index (χ0v) is 14.3. The highest BCUT2D eigenvalue weighted by Gasteiger charge is 2.31. The highest BCUT2D eigenvalue weighted by molar-refractivity contribution is 5.79. The van der Waals surface area contributed by atoms with E-state index in [1.807, 2.05) is 59.2 Å². The van der Waals surface area contributed by atoms with Gasteiger partial charge in [-0.25, -0.2) is 0 Å². The Morgan fingerprint density at radius 2 is 1.73 bits per heavy atom. The van der Waals surface area contributed by atoms with Gasteiger partial charge in [0.1, 0.15) is 24.5 Å². The number of nitrogens with zero attached hydrogens (tertiary/aromatic N) is 3. The summed E-state index contributed by atoms with van der Waals surface area (Å²) in [4.78, 5) is 12.2. The molecule has 1 fully saturated rings. The Morgan fingerprint density at radius 1 is 1.04 bits per heavy atom. The molecule has 1 aliphatic rings. The van der Waals surface area contributed by atoms with Crippen LogP contribution in [-0.2, 0) is 11.2 Å². The monoisotopic (exact) mass is 348 g/mol. The molecule has 0 saturated heterocycles. The quantitative estimate of drug-likeness (QED) is 0.743. The lowest BCUT2D eigenvalue weighted by molar-refractivity contribution is -0.122. The van der Waals surface area contributed by atoms with Gasteiger partial charge in [0.25, 0.3) is 0 Å². The molecule has 0 atom stereocenters. The Bertz CT molecular complexity index is 841. The third-order valence-electron chi connectivity index (χ3n) is 4.52. The van der Waals surface area contributed by atoms with Gasteiger partial charge >= 0.3 is 0 Å². The van der Waals surface area contributed by atoms with Crippen LogP contribution >= 0.6 is 0 Å². The number of aromatic nitrogens is 3. The number of carbonyl (C=O) groups is 1. The number of carbonyl (C=O) groups excluding carboxylic acids is 1. The maximum absolute atomic E-state index is 12.2. The highest BCUT2D eigenvalue weighted by atomic mass is 16.5. The van der Waals surface area contributed by atoms with Gasteiger partial charge in [-0.3, -0.25) is 9.36 Å². The van der Waals surface area contributed by atoms with E-state index in [0.29, 0.717) is 6.42 Å². The molecule has 1 N–H and O–H groups in total. The molecule has 0 unspecified atom stereocenters. The van der Waals surface area contributed by atoms with E-state index in [0.717, 1.165) is 29.8 Å². The molecular weight excluding hydrogens is 328 g/mol. The van der Waals surface area contributed by atoms with Gasteiger partial charge in [0.05, 0.1) is 6.42 Å². The molecule has 1 aromatic heterocycles. The molecule has 1 heterocycles. The first-order valence-electron chi connectivity index (χ1n) is 8.71. The summed E-state index contributed by atoms with van der Waals surface area (Å²) in [6.07, 6.45) is 5.56. The van der Waals surface area contributed by atoms with Crippen LogP contribution in [0.2, 0.25) is 0 Å². The number of para-hydroxylation sites is 1. The van der Waals surface area contributed by atoms with E-state index in [2.05, 4.69) is 15.5 Å². The lowest BCUT2D eigenvalue weighted by Gasteiger charge is -2.35. The Balaban J connectivity index is 1.22. The fraction of sp³-hybridized carbons (Fsp3) is 0.250. The second kappa shape index (κ2) is 7.39. The molecule has 1 amide bonds. The Kier molecular flexibility index (Phi) is 4.64. The van der Waals surface area contributed by atoms with Crippen LogP contribution in [-0.4, -0.2) is 32.8 Å². The van der Waals surface area contributed by atoms with Crippen LogP contribution in [0.25, 0.3) is 5.69 Å². The summed E-state index contributed by atoms with van der Waals surface area (Å²) in [5, 5.41) is 10.7. The van der Waals surface area contributed by atoms with Crippen LogP contribution in [0.4, 0.5) is 0 Å². The van der Waals surface area contributed by atoms with Crippen molar-refractivity contribution in [2.45, 2.75) is 31.4 Å². The largest absolute Gasteiger partial charge is 0.490 e. The molecule has 6 heteroatoms. The van der Waals surface area contributed by atoms with E-state index in [4.69, 9.17) is 4.74 Å². The third kappa shape index (κ3) is 3.91. The van der Waals surface area contributed by atoms with Gasteiger partial charge in [0.15, 0.2) is 0 Å². The van der Waals surface area contributed by atoms with Gasteiger partial charge in [0, 0.05) is 24.6 Å². The van der Waals surface area contributed by atoms with E-state index in [-0.39, 0.29) is 18.1 Å². The van der Waals surface area contributed by atoms with Crippen molar-refractivity contribution in [3.8, 4) is 11.4 Å². The molecule has 0 aliphatic heterocycles. The van der Waals surface area contributed by atoms with Gasteiger partial charge in [-0.2, -0.15) is 0 Å². The fourth-order valence-electron chi connectivity index (χ4n) is 3.06. The smallest absolute Gasteiger partial charge is 0.224 e. The number of rotatable bonds is 6. The van der Waals surface area contributed by atoms with Crippen LogP contribution < -0.4 is 10.1 Å². The van der Waals surface area contributed by atoms with Gasteiger partial charge in [-0.1, -0.05) is 30.3 Å². The van der Waals surface area contributed by atoms with E-state index < -0.39 is 0 Å². The van der Waals surface area contributed by atoms with Crippen LogP contribution in [0.3, 0.4) is 0 Å². The Hall–Kier alpha value is -3.15. The van der Waals surface area contributed by atoms with Gasteiger partial charge < -0.3 is 10.1 Å². The van der Waals surface area contributed by atoms with Crippen molar-refractivity contribution in [3.63, 3.8) is 0 Å². The zero-order chi connectivity index (χ0) is 17.8. The van der Waals surface area contributed by atoms with Crippen molar-refractivity contribution in [3.05, 3.63) is 72.8 Å². The predicted octanol–water partition coefficient (Wildman–Crippen LogP) is 2.54. The van der Waals surface area contributed by atoms with Crippen LogP contribution in [0.1, 0.15) is 18.4 Å². The minimum absolute atomic E-state index is 0.0465. The summed E-state index contributed by atoms with van der Waals surface area (Å²) in [5.41, 5.74) is 1.95. The van der Waals surface area contributed by atoms with Crippen molar-refractivity contribution < 1.29 is 9.53 Å². The number of hydrogen-bond donors (Lipinski definition) is 1. The van der Waals surface area contributed by atoms with E-state index >= 15 is 0 Å². The van der Waals surface area contributed by atoms with Crippen LogP contribution in [0.5, 0.6) is 5.75 Å². The molecule has 1 saturated carbocycles. The maximum Gasteiger partial charge on any atom is 0.224 e. The second-order valence-corrected chi connectivity index (χ2v) is 6.50. The summed E-state index contributed by atoms with van der Waals surface area (Å²) in [6, 6.07) is 17.8. The van der Waals surface area contributed by atoms with Crippen LogP contribution in [0.15, 0.2) is 67.3 Å². The number of hydrogen-bond acceptors (Lipinski definition) is 4. The molecule has 132 valence electrons. The molecule has 2 aromatic carbocycles. The van der Waals surface area contributed by atoms with Gasteiger partial charge in [0.2, 0.25) is 5.91 Å². The Labute approximate surface area is 151 Å². The molecule has 3 aromatic rings. The van der Waals surface area contributed by atoms with Gasteiger partial charge in [-0.05, 0) is 29.8 Å². The number of ether oxygens (including phenoxy) is 1. The normalized spacial score (nSPS) is 18.8. The molecule has 26 heavy (non-hydrogen) atoms. The molecular formula is C20H20N4O2. The van der Waals surface area contributed by atoms with Crippen molar-refractivity contribution in [1.82, 2.24) is 20.1 Å². The average Bonchev–Trinajstić information content (AvgIpc) is 3.16. The summed E-state index contributed by atoms with van der Waals surface area (Å²) >= 11 is 0. The first-order valence-corrected chi connectivity index (χ1v) is 8.71. The third-order valence-corrected chi connectivity index (χ3v) is 4.52. The molecule has 0 spiro atoms. The maximum atomic E-state index is 12.2.